The number of ether oxygens (including phenoxy) is 1. The van der Waals surface area contributed by atoms with Crippen molar-refractivity contribution in [1.29, 1.82) is 0 Å². The second-order valence-electron chi connectivity index (χ2n) is 10.4. The van der Waals surface area contributed by atoms with Gasteiger partial charge in [0.05, 0.1) is 11.4 Å². The molecule has 0 spiro atoms. The van der Waals surface area contributed by atoms with Gasteiger partial charge in [-0.3, -0.25) is 24.8 Å². The van der Waals surface area contributed by atoms with Crippen molar-refractivity contribution in [2.75, 3.05) is 24.5 Å². The minimum atomic E-state index is -1.17. The molecule has 3 amide bonds. The van der Waals surface area contributed by atoms with Crippen LogP contribution in [0.25, 0.3) is 0 Å². The fraction of sp³-hybridized carbons (Fsp3) is 0.467. The van der Waals surface area contributed by atoms with E-state index in [2.05, 4.69) is 5.32 Å². The van der Waals surface area contributed by atoms with Gasteiger partial charge < -0.3 is 9.64 Å². The van der Waals surface area contributed by atoms with Crippen LogP contribution in [-0.4, -0.2) is 54.3 Å². The summed E-state index contributed by atoms with van der Waals surface area (Å²) >= 11 is 0. The molecule has 1 saturated carbocycles. The molecule has 2 aromatic rings. The highest BCUT2D eigenvalue weighted by atomic mass is 16.5. The topological polar surface area (TPSA) is 91.3 Å². The highest BCUT2D eigenvalue weighted by molar-refractivity contribution is 6.16. The van der Waals surface area contributed by atoms with Crippen LogP contribution in [0.2, 0.25) is 0 Å². The van der Waals surface area contributed by atoms with E-state index in [0.717, 1.165) is 60.9 Å². The van der Waals surface area contributed by atoms with Crippen molar-refractivity contribution in [3.63, 3.8) is 0 Å². The molecule has 8 heteroatoms. The quantitative estimate of drug-likeness (QED) is 0.608. The predicted octanol–water partition coefficient (Wildman–Crippen LogP) is 4.59. The van der Waals surface area contributed by atoms with E-state index in [4.69, 9.17) is 9.73 Å². The SMILES string of the molecule is Cc1cccc2c1N(CC(=O)N1CCCCCCC1)C(=O)C(NC(=O)OCc1ccccc1)N=C2C1CC1. The van der Waals surface area contributed by atoms with Crippen LogP contribution in [0.5, 0.6) is 0 Å². The average molecular weight is 517 g/mol. The van der Waals surface area contributed by atoms with Crippen molar-refractivity contribution >= 4 is 29.3 Å². The molecule has 1 unspecified atom stereocenters. The minimum Gasteiger partial charge on any atom is -0.445 e. The zero-order valence-electron chi connectivity index (χ0n) is 22.0. The lowest BCUT2D eigenvalue weighted by Gasteiger charge is -2.30. The second kappa shape index (κ2) is 11.8. The fourth-order valence-corrected chi connectivity index (χ4v) is 5.29. The molecule has 2 heterocycles. The number of rotatable bonds is 6. The summed E-state index contributed by atoms with van der Waals surface area (Å²) in [5.41, 5.74) is 4.14. The zero-order chi connectivity index (χ0) is 26.5. The Labute approximate surface area is 224 Å². The van der Waals surface area contributed by atoms with E-state index in [9.17, 15) is 14.4 Å². The van der Waals surface area contributed by atoms with Gasteiger partial charge in [0.2, 0.25) is 12.1 Å². The highest BCUT2D eigenvalue weighted by Gasteiger charge is 2.39. The molecule has 1 atom stereocenters. The molecule has 1 aliphatic carbocycles. The van der Waals surface area contributed by atoms with Crippen LogP contribution in [0.1, 0.15) is 61.6 Å². The van der Waals surface area contributed by atoms with Gasteiger partial charge in [0.15, 0.2) is 0 Å². The van der Waals surface area contributed by atoms with Gasteiger partial charge in [-0.15, -0.1) is 0 Å². The first-order valence-electron chi connectivity index (χ1n) is 13.8. The summed E-state index contributed by atoms with van der Waals surface area (Å²) in [6, 6.07) is 15.2. The van der Waals surface area contributed by atoms with Crippen LogP contribution >= 0.6 is 0 Å². The Morgan fingerprint density at radius 1 is 0.974 bits per heavy atom. The molecule has 2 aromatic carbocycles. The molecule has 5 rings (SSSR count). The first kappa shape index (κ1) is 25.9. The maximum absolute atomic E-state index is 14.0. The minimum absolute atomic E-state index is 0.0743. The number of nitrogens with one attached hydrogen (secondary N) is 1. The maximum Gasteiger partial charge on any atom is 0.409 e. The number of anilines is 1. The Balaban J connectivity index is 1.41. The number of fused-ring (bicyclic) bond motifs is 1. The Bertz CT molecular complexity index is 1200. The number of aryl methyl sites for hydroxylation is 1. The van der Waals surface area contributed by atoms with Crippen LogP contribution < -0.4 is 10.2 Å². The number of para-hydroxylation sites is 1. The molecule has 2 aliphatic heterocycles. The zero-order valence-corrected chi connectivity index (χ0v) is 22.0. The molecule has 2 fully saturated rings. The van der Waals surface area contributed by atoms with Crippen molar-refractivity contribution in [3.05, 3.63) is 65.2 Å². The van der Waals surface area contributed by atoms with Gasteiger partial charge in [-0.25, -0.2) is 4.79 Å². The monoisotopic (exact) mass is 516 g/mol. The van der Waals surface area contributed by atoms with E-state index in [1.807, 2.05) is 60.4 Å². The summed E-state index contributed by atoms with van der Waals surface area (Å²) in [7, 11) is 0. The normalized spacial score (nSPS) is 20.0. The summed E-state index contributed by atoms with van der Waals surface area (Å²) in [5, 5.41) is 2.68. The Morgan fingerprint density at radius 2 is 1.68 bits per heavy atom. The molecule has 0 bridgehead atoms. The number of benzodiazepines with no additional fused rings is 1. The van der Waals surface area contributed by atoms with E-state index in [0.29, 0.717) is 18.8 Å². The van der Waals surface area contributed by atoms with E-state index in [-0.39, 0.29) is 25.0 Å². The molecule has 1 saturated heterocycles. The molecule has 0 aromatic heterocycles. The van der Waals surface area contributed by atoms with Gasteiger partial charge in [0, 0.05) is 24.6 Å². The van der Waals surface area contributed by atoms with Crippen molar-refractivity contribution in [1.82, 2.24) is 10.2 Å². The highest BCUT2D eigenvalue weighted by Crippen LogP contribution is 2.39. The van der Waals surface area contributed by atoms with Gasteiger partial charge in [0.1, 0.15) is 13.2 Å². The fourth-order valence-electron chi connectivity index (χ4n) is 5.29. The Kier molecular flexibility index (Phi) is 8.05. The third-order valence-corrected chi connectivity index (χ3v) is 7.49. The number of benzene rings is 2. The molecule has 8 nitrogen and oxygen atoms in total. The summed E-state index contributed by atoms with van der Waals surface area (Å²) < 4.78 is 5.40. The number of likely N-dealkylation sites (tertiary alicyclic amines) is 1. The molecule has 38 heavy (non-hydrogen) atoms. The summed E-state index contributed by atoms with van der Waals surface area (Å²) in [6.07, 6.45) is 5.46. The number of carbonyl (C=O) groups is 3. The molecule has 1 N–H and O–H groups in total. The summed E-state index contributed by atoms with van der Waals surface area (Å²) in [6.45, 7) is 3.37. The number of alkyl carbamates (subject to hydrolysis) is 1. The second-order valence-corrected chi connectivity index (χ2v) is 10.4. The average Bonchev–Trinajstić information content (AvgIpc) is 3.74. The van der Waals surface area contributed by atoms with Crippen molar-refractivity contribution in [3.8, 4) is 0 Å². The van der Waals surface area contributed by atoms with Crippen LogP contribution in [-0.2, 0) is 20.9 Å². The van der Waals surface area contributed by atoms with Gasteiger partial charge in [0.25, 0.3) is 5.91 Å². The number of amides is 3. The van der Waals surface area contributed by atoms with E-state index in [1.54, 1.807) is 0 Å². The van der Waals surface area contributed by atoms with Crippen molar-refractivity contribution in [2.45, 2.75) is 64.6 Å². The molecule has 3 aliphatic rings. The Morgan fingerprint density at radius 3 is 2.39 bits per heavy atom. The van der Waals surface area contributed by atoms with Gasteiger partial charge in [-0.05, 0) is 43.7 Å². The van der Waals surface area contributed by atoms with Crippen LogP contribution in [0, 0.1) is 12.8 Å². The first-order valence-corrected chi connectivity index (χ1v) is 13.8. The van der Waals surface area contributed by atoms with E-state index < -0.39 is 18.2 Å². The summed E-state index contributed by atoms with van der Waals surface area (Å²) in [5.74, 6) is -0.263. The third-order valence-electron chi connectivity index (χ3n) is 7.49. The first-order chi connectivity index (χ1) is 18.5. The van der Waals surface area contributed by atoms with Crippen LogP contribution in [0.3, 0.4) is 0 Å². The van der Waals surface area contributed by atoms with Crippen molar-refractivity contribution in [2.24, 2.45) is 10.9 Å². The van der Waals surface area contributed by atoms with Gasteiger partial charge in [-0.1, -0.05) is 67.8 Å². The lowest BCUT2D eigenvalue weighted by molar-refractivity contribution is -0.132. The van der Waals surface area contributed by atoms with Crippen LogP contribution in [0.4, 0.5) is 10.5 Å². The third kappa shape index (κ3) is 6.06. The molecular weight excluding hydrogens is 480 g/mol. The van der Waals surface area contributed by atoms with E-state index >= 15 is 0 Å². The molecular formula is C30H36N4O4. The lowest BCUT2D eigenvalue weighted by atomic mass is 10.00. The number of hydrogen-bond acceptors (Lipinski definition) is 5. The van der Waals surface area contributed by atoms with Gasteiger partial charge >= 0.3 is 6.09 Å². The Hall–Kier alpha value is -3.68. The number of aliphatic imine (C=N–C) groups is 1. The smallest absolute Gasteiger partial charge is 0.409 e. The number of nitrogens with zero attached hydrogens (tertiary/aromatic N) is 3. The molecule has 0 radical (unpaired) electrons. The van der Waals surface area contributed by atoms with Crippen molar-refractivity contribution < 1.29 is 19.1 Å². The van der Waals surface area contributed by atoms with E-state index in [1.165, 1.54) is 11.3 Å². The largest absolute Gasteiger partial charge is 0.445 e. The maximum atomic E-state index is 14.0. The number of hydrogen-bond donors (Lipinski definition) is 1. The van der Waals surface area contributed by atoms with Crippen LogP contribution in [0.15, 0.2) is 53.5 Å². The standard InChI is InChI=1S/C30H36N4O4/c1-21-11-10-14-24-26(23-15-16-23)31-28(32-30(37)38-20-22-12-6-5-7-13-22)29(36)34(27(21)24)19-25(35)33-17-8-3-2-4-9-18-33/h5-7,10-14,23,28H,2-4,8-9,15-20H2,1H3,(H,32,37). The summed E-state index contributed by atoms with van der Waals surface area (Å²) in [4.78, 5) is 48.5. The van der Waals surface area contributed by atoms with Gasteiger partial charge in [-0.2, -0.15) is 0 Å². The number of carbonyl (C=O) groups excluding carboxylic acids is 3. The molecule has 200 valence electrons. The lowest BCUT2D eigenvalue weighted by Crippen LogP contribution is -2.51. The predicted molar refractivity (Wildman–Crippen MR) is 146 cm³/mol.